The van der Waals surface area contributed by atoms with Gasteiger partial charge in [-0.1, -0.05) is 32.1 Å². The summed E-state index contributed by atoms with van der Waals surface area (Å²) >= 11 is 0. The van der Waals surface area contributed by atoms with Gasteiger partial charge >= 0.3 is 0 Å². The third-order valence-electron chi connectivity index (χ3n) is 2.96. The van der Waals surface area contributed by atoms with Gasteiger partial charge in [-0.15, -0.1) is 0 Å². The first-order chi connectivity index (χ1) is 6.45. The molecule has 0 saturated heterocycles. The molecule has 1 aliphatic rings. The fourth-order valence-corrected chi connectivity index (χ4v) is 2.14. The van der Waals surface area contributed by atoms with Crippen LogP contribution in [0.1, 0.15) is 38.5 Å². The Balaban J connectivity index is 1.72. The highest BCUT2D eigenvalue weighted by atomic mass is 15.3. The summed E-state index contributed by atoms with van der Waals surface area (Å²) in [5.41, 5.74) is 0. The van der Waals surface area contributed by atoms with Gasteiger partial charge < -0.3 is 0 Å². The van der Waals surface area contributed by atoms with Gasteiger partial charge in [0.15, 0.2) is 0 Å². The monoisotopic (exact) mass is 179 g/mol. The first-order valence-corrected chi connectivity index (χ1v) is 5.27. The van der Waals surface area contributed by atoms with Crippen molar-refractivity contribution in [3.8, 4) is 0 Å². The second kappa shape index (κ2) is 4.40. The molecule has 0 aromatic carbocycles. The number of aromatic nitrogens is 3. The Bertz CT molecular complexity index is 224. The summed E-state index contributed by atoms with van der Waals surface area (Å²) in [5.74, 6) is 0.943. The van der Waals surface area contributed by atoms with Crippen molar-refractivity contribution in [2.45, 2.75) is 45.1 Å². The van der Waals surface area contributed by atoms with Crippen molar-refractivity contribution < 1.29 is 0 Å². The number of aryl methyl sites for hydroxylation is 1. The third kappa shape index (κ3) is 2.54. The molecule has 1 fully saturated rings. The molecule has 0 unspecified atom stereocenters. The van der Waals surface area contributed by atoms with Gasteiger partial charge in [0.1, 0.15) is 12.7 Å². The maximum atomic E-state index is 4.11. The molecule has 0 radical (unpaired) electrons. The molecule has 3 heteroatoms. The fraction of sp³-hybridized carbons (Fsp3) is 0.800. The zero-order valence-corrected chi connectivity index (χ0v) is 8.02. The van der Waals surface area contributed by atoms with E-state index in [0.717, 1.165) is 12.5 Å². The van der Waals surface area contributed by atoms with Gasteiger partial charge in [0, 0.05) is 6.54 Å². The lowest BCUT2D eigenvalue weighted by Crippen LogP contribution is -2.10. The predicted octanol–water partition coefficient (Wildman–Crippen LogP) is 2.25. The minimum absolute atomic E-state index is 0.943. The van der Waals surface area contributed by atoms with Crippen molar-refractivity contribution in [3.63, 3.8) is 0 Å². The minimum Gasteiger partial charge on any atom is -0.253 e. The number of hydrogen-bond acceptors (Lipinski definition) is 2. The molecule has 1 saturated carbocycles. The molecule has 0 N–H and O–H groups in total. The lowest BCUT2D eigenvalue weighted by atomic mass is 9.87. The zero-order chi connectivity index (χ0) is 8.93. The lowest BCUT2D eigenvalue weighted by Gasteiger charge is -2.20. The van der Waals surface area contributed by atoms with Crippen LogP contribution in [0, 0.1) is 5.92 Å². The van der Waals surface area contributed by atoms with Gasteiger partial charge in [0.2, 0.25) is 0 Å². The molecule has 1 aromatic heterocycles. The molecule has 13 heavy (non-hydrogen) atoms. The average molecular weight is 179 g/mol. The Hall–Kier alpha value is -0.860. The van der Waals surface area contributed by atoms with E-state index in [9.17, 15) is 0 Å². The van der Waals surface area contributed by atoms with Crippen LogP contribution >= 0.6 is 0 Å². The van der Waals surface area contributed by atoms with E-state index in [-0.39, 0.29) is 0 Å². The zero-order valence-electron chi connectivity index (χ0n) is 8.02. The van der Waals surface area contributed by atoms with Crippen LogP contribution in [-0.2, 0) is 6.54 Å². The van der Waals surface area contributed by atoms with E-state index in [2.05, 4.69) is 10.1 Å². The van der Waals surface area contributed by atoms with E-state index in [1.165, 1.54) is 38.5 Å². The molecule has 0 bridgehead atoms. The highest BCUT2D eigenvalue weighted by molar-refractivity contribution is 4.66. The van der Waals surface area contributed by atoms with Gasteiger partial charge in [0.25, 0.3) is 0 Å². The molecular formula is C10H17N3. The van der Waals surface area contributed by atoms with E-state index in [0.29, 0.717) is 0 Å². The molecule has 2 rings (SSSR count). The van der Waals surface area contributed by atoms with Gasteiger partial charge in [-0.2, -0.15) is 5.10 Å². The van der Waals surface area contributed by atoms with Crippen molar-refractivity contribution in [1.82, 2.24) is 14.8 Å². The first-order valence-electron chi connectivity index (χ1n) is 5.27. The van der Waals surface area contributed by atoms with Crippen molar-refractivity contribution >= 4 is 0 Å². The second-order valence-corrected chi connectivity index (χ2v) is 3.95. The van der Waals surface area contributed by atoms with Crippen molar-refractivity contribution in [2.75, 3.05) is 0 Å². The molecule has 0 amide bonds. The molecule has 72 valence electrons. The van der Waals surface area contributed by atoms with E-state index in [1.807, 2.05) is 11.0 Å². The fourth-order valence-electron chi connectivity index (χ4n) is 2.14. The Morgan fingerprint density at radius 3 is 2.77 bits per heavy atom. The summed E-state index contributed by atoms with van der Waals surface area (Å²) in [6.07, 6.45) is 11.9. The standard InChI is InChI=1S/C10H17N3/c1-2-4-10(5-3-1)6-7-13-9-11-8-12-13/h8-10H,1-7H2. The van der Waals surface area contributed by atoms with E-state index >= 15 is 0 Å². The lowest BCUT2D eigenvalue weighted by molar-refractivity contribution is 0.318. The average Bonchev–Trinajstić information content (AvgIpc) is 2.69. The Labute approximate surface area is 79.2 Å². The summed E-state index contributed by atoms with van der Waals surface area (Å²) < 4.78 is 1.94. The smallest absolute Gasteiger partial charge is 0.137 e. The van der Waals surface area contributed by atoms with Crippen LogP contribution < -0.4 is 0 Å². The maximum absolute atomic E-state index is 4.11. The highest BCUT2D eigenvalue weighted by Gasteiger charge is 2.12. The molecule has 0 spiro atoms. The van der Waals surface area contributed by atoms with Gasteiger partial charge in [0.05, 0.1) is 0 Å². The Morgan fingerprint density at radius 2 is 2.08 bits per heavy atom. The Morgan fingerprint density at radius 1 is 1.23 bits per heavy atom. The topological polar surface area (TPSA) is 30.7 Å². The van der Waals surface area contributed by atoms with E-state index in [1.54, 1.807) is 6.33 Å². The van der Waals surface area contributed by atoms with Gasteiger partial charge in [-0.3, -0.25) is 4.68 Å². The summed E-state index contributed by atoms with van der Waals surface area (Å²) in [6, 6.07) is 0. The molecule has 3 nitrogen and oxygen atoms in total. The Kier molecular flexibility index (Phi) is 2.95. The summed E-state index contributed by atoms with van der Waals surface area (Å²) in [5, 5.41) is 4.11. The van der Waals surface area contributed by atoms with E-state index < -0.39 is 0 Å². The SMILES string of the molecule is c1ncn(CCC2CCCCC2)n1. The highest BCUT2D eigenvalue weighted by Crippen LogP contribution is 2.26. The summed E-state index contributed by atoms with van der Waals surface area (Å²) in [4.78, 5) is 3.94. The molecule has 0 atom stereocenters. The molecule has 1 aromatic rings. The van der Waals surface area contributed by atoms with Crippen LogP contribution in [0.2, 0.25) is 0 Å². The van der Waals surface area contributed by atoms with Crippen LogP contribution in [0.15, 0.2) is 12.7 Å². The largest absolute Gasteiger partial charge is 0.253 e. The summed E-state index contributed by atoms with van der Waals surface area (Å²) in [6.45, 7) is 1.05. The van der Waals surface area contributed by atoms with E-state index in [4.69, 9.17) is 0 Å². The maximum Gasteiger partial charge on any atom is 0.137 e. The molecular weight excluding hydrogens is 162 g/mol. The second-order valence-electron chi connectivity index (χ2n) is 3.95. The third-order valence-corrected chi connectivity index (χ3v) is 2.96. The van der Waals surface area contributed by atoms with Crippen LogP contribution in [0.4, 0.5) is 0 Å². The van der Waals surface area contributed by atoms with Crippen molar-refractivity contribution in [1.29, 1.82) is 0 Å². The molecule has 0 aliphatic heterocycles. The van der Waals surface area contributed by atoms with Crippen molar-refractivity contribution in [2.24, 2.45) is 5.92 Å². The minimum atomic E-state index is 0.943. The van der Waals surface area contributed by atoms with Gasteiger partial charge in [-0.05, 0) is 12.3 Å². The normalized spacial score (nSPS) is 19.1. The van der Waals surface area contributed by atoms with Crippen molar-refractivity contribution in [3.05, 3.63) is 12.7 Å². The predicted molar refractivity (Wildman–Crippen MR) is 51.2 cm³/mol. The quantitative estimate of drug-likeness (QED) is 0.712. The number of hydrogen-bond donors (Lipinski definition) is 0. The number of nitrogens with zero attached hydrogens (tertiary/aromatic N) is 3. The molecule has 1 heterocycles. The first kappa shape index (κ1) is 8.73. The number of rotatable bonds is 3. The molecule has 1 aliphatic carbocycles. The summed E-state index contributed by atoms with van der Waals surface area (Å²) in [7, 11) is 0. The van der Waals surface area contributed by atoms with Crippen LogP contribution in [-0.4, -0.2) is 14.8 Å². The van der Waals surface area contributed by atoms with Crippen LogP contribution in [0.5, 0.6) is 0 Å². The van der Waals surface area contributed by atoms with Gasteiger partial charge in [-0.25, -0.2) is 4.98 Å². The van der Waals surface area contributed by atoms with Crippen LogP contribution in [0.25, 0.3) is 0 Å². The van der Waals surface area contributed by atoms with Crippen LogP contribution in [0.3, 0.4) is 0 Å².